The number of ether oxygens (including phenoxy) is 1. The number of nitriles is 1. The molecular formula is C26H28ClF4N5O3. The SMILES string of the molecule is CCN(C(=O)[C@@H]1C[C@H](N2CCO[C@H](CO)C2)CN1c1nc(C)cc(C(F)(F)F)c1C#N)c1ccc(F)c(Cl)c1. The molecule has 0 aliphatic carbocycles. The smallest absolute Gasteiger partial charge is 0.394 e. The summed E-state index contributed by atoms with van der Waals surface area (Å²) in [5.74, 6) is -1.32. The number of carbonyl (C=O) groups excluding carboxylic acids is 1. The van der Waals surface area contributed by atoms with Gasteiger partial charge in [0.1, 0.15) is 29.3 Å². The first-order chi connectivity index (χ1) is 18.5. The predicted octanol–water partition coefficient (Wildman–Crippen LogP) is 3.77. The molecule has 0 radical (unpaired) electrons. The van der Waals surface area contributed by atoms with E-state index in [1.54, 1.807) is 13.0 Å². The molecule has 13 heteroatoms. The molecule has 1 amide bonds. The molecular weight excluding hydrogens is 542 g/mol. The minimum Gasteiger partial charge on any atom is -0.394 e. The number of hydrogen-bond acceptors (Lipinski definition) is 7. The Morgan fingerprint density at radius 3 is 2.69 bits per heavy atom. The lowest BCUT2D eigenvalue weighted by molar-refractivity contribution is -0.137. The first-order valence-corrected chi connectivity index (χ1v) is 12.8. The van der Waals surface area contributed by atoms with Crippen molar-refractivity contribution < 1.29 is 32.2 Å². The van der Waals surface area contributed by atoms with Crippen LogP contribution in [0.25, 0.3) is 0 Å². The number of carbonyl (C=O) groups is 1. The number of anilines is 2. The summed E-state index contributed by atoms with van der Waals surface area (Å²) in [5, 5.41) is 19.2. The summed E-state index contributed by atoms with van der Waals surface area (Å²) in [4.78, 5) is 23.2. The van der Waals surface area contributed by atoms with Gasteiger partial charge in [-0.15, -0.1) is 0 Å². The van der Waals surface area contributed by atoms with Gasteiger partial charge in [0.2, 0.25) is 5.91 Å². The van der Waals surface area contributed by atoms with Gasteiger partial charge in [0, 0.05) is 43.6 Å². The van der Waals surface area contributed by atoms with Crippen LogP contribution in [0.3, 0.4) is 0 Å². The summed E-state index contributed by atoms with van der Waals surface area (Å²) in [6.07, 6.45) is -5.01. The topological polar surface area (TPSA) is 92.9 Å². The number of rotatable bonds is 6. The van der Waals surface area contributed by atoms with E-state index in [1.807, 2.05) is 4.90 Å². The van der Waals surface area contributed by atoms with Crippen LogP contribution >= 0.6 is 11.6 Å². The van der Waals surface area contributed by atoms with E-state index >= 15 is 0 Å². The third-order valence-corrected chi connectivity index (χ3v) is 7.36. The maximum absolute atomic E-state index is 14.0. The molecule has 1 aromatic heterocycles. The van der Waals surface area contributed by atoms with Crippen LogP contribution in [-0.2, 0) is 15.7 Å². The molecule has 0 unspecified atom stereocenters. The third-order valence-electron chi connectivity index (χ3n) is 7.07. The molecule has 4 rings (SSSR count). The van der Waals surface area contributed by atoms with Gasteiger partial charge in [-0.3, -0.25) is 9.69 Å². The van der Waals surface area contributed by atoms with Gasteiger partial charge in [0.15, 0.2) is 0 Å². The zero-order chi connectivity index (χ0) is 28.5. The molecule has 1 aromatic carbocycles. The van der Waals surface area contributed by atoms with Crippen molar-refractivity contribution >= 4 is 29.0 Å². The van der Waals surface area contributed by atoms with Crippen molar-refractivity contribution in [3.05, 3.63) is 51.9 Å². The van der Waals surface area contributed by atoms with Gasteiger partial charge in [0.05, 0.1) is 29.9 Å². The van der Waals surface area contributed by atoms with Gasteiger partial charge in [0.25, 0.3) is 0 Å². The molecule has 1 N–H and O–H groups in total. The Bertz CT molecular complexity index is 1270. The molecule has 0 bridgehead atoms. The lowest BCUT2D eigenvalue weighted by Gasteiger charge is -2.36. The summed E-state index contributed by atoms with van der Waals surface area (Å²) < 4.78 is 61.1. The molecule has 2 fully saturated rings. The minimum absolute atomic E-state index is 0.0513. The van der Waals surface area contributed by atoms with Crippen molar-refractivity contribution in [1.82, 2.24) is 9.88 Å². The quantitative estimate of drug-likeness (QED) is 0.530. The summed E-state index contributed by atoms with van der Waals surface area (Å²) >= 11 is 5.96. The number of morpholine rings is 1. The number of amides is 1. The first-order valence-electron chi connectivity index (χ1n) is 12.5. The number of aliphatic hydroxyl groups excluding tert-OH is 1. The highest BCUT2D eigenvalue weighted by molar-refractivity contribution is 6.31. The minimum atomic E-state index is -4.80. The van der Waals surface area contributed by atoms with Crippen LogP contribution in [0.15, 0.2) is 24.3 Å². The summed E-state index contributed by atoms with van der Waals surface area (Å²) in [5.41, 5.74) is -1.39. The highest BCUT2D eigenvalue weighted by atomic mass is 35.5. The molecule has 2 aliphatic heterocycles. The molecule has 0 saturated carbocycles. The van der Waals surface area contributed by atoms with Gasteiger partial charge >= 0.3 is 6.18 Å². The Balaban J connectivity index is 1.78. The lowest BCUT2D eigenvalue weighted by Crippen LogP contribution is -2.49. The summed E-state index contributed by atoms with van der Waals surface area (Å²) in [6, 6.07) is 5.06. The highest BCUT2D eigenvalue weighted by Gasteiger charge is 2.45. The fourth-order valence-electron chi connectivity index (χ4n) is 5.23. The monoisotopic (exact) mass is 569 g/mol. The maximum atomic E-state index is 14.0. The molecule has 2 saturated heterocycles. The lowest BCUT2D eigenvalue weighted by atomic mass is 10.1. The number of aryl methyl sites for hydroxylation is 1. The zero-order valence-corrected chi connectivity index (χ0v) is 22.1. The Hall–Kier alpha value is -2.98. The standard InChI is InChI=1S/C26H28ClF4N5O3/c1-3-35(16-4-5-22(28)21(27)9-16)25(38)23-10-17(34-6-7-39-18(13-34)14-37)12-36(23)24-19(11-32)20(26(29,30)31)8-15(2)33-24/h4-5,8-9,17-18,23,37H,3,6-7,10,12-14H2,1-2H3/t17-,18-,23-/m0/s1. The number of halogens is 5. The Kier molecular flexibility index (Phi) is 8.66. The average molecular weight is 570 g/mol. The normalized spacial score (nSPS) is 22.1. The van der Waals surface area contributed by atoms with Crippen molar-refractivity contribution in [3.8, 4) is 6.07 Å². The van der Waals surface area contributed by atoms with Gasteiger partial charge < -0.3 is 19.6 Å². The number of aromatic nitrogens is 1. The van der Waals surface area contributed by atoms with E-state index < -0.39 is 41.2 Å². The Morgan fingerprint density at radius 2 is 2.08 bits per heavy atom. The fraction of sp³-hybridized carbons (Fsp3) is 0.500. The second-order valence-corrected chi connectivity index (χ2v) is 9.94. The van der Waals surface area contributed by atoms with Crippen LogP contribution in [0.5, 0.6) is 0 Å². The van der Waals surface area contributed by atoms with Crippen molar-refractivity contribution in [2.24, 2.45) is 0 Å². The van der Waals surface area contributed by atoms with E-state index in [1.165, 1.54) is 28.9 Å². The van der Waals surface area contributed by atoms with E-state index in [0.717, 1.165) is 12.1 Å². The Morgan fingerprint density at radius 1 is 1.33 bits per heavy atom. The molecule has 3 atom stereocenters. The number of benzene rings is 1. The molecule has 2 aromatic rings. The molecule has 0 spiro atoms. The number of aliphatic hydroxyl groups is 1. The molecule has 39 heavy (non-hydrogen) atoms. The van der Waals surface area contributed by atoms with Crippen molar-refractivity contribution in [1.29, 1.82) is 5.26 Å². The average Bonchev–Trinajstić information content (AvgIpc) is 3.35. The number of hydrogen-bond donors (Lipinski definition) is 1. The van der Waals surface area contributed by atoms with Gasteiger partial charge in [-0.2, -0.15) is 18.4 Å². The second-order valence-electron chi connectivity index (χ2n) is 9.53. The largest absolute Gasteiger partial charge is 0.417 e. The maximum Gasteiger partial charge on any atom is 0.417 e. The molecule has 8 nitrogen and oxygen atoms in total. The van der Waals surface area contributed by atoms with Gasteiger partial charge in [-0.05, 0) is 44.5 Å². The fourth-order valence-corrected chi connectivity index (χ4v) is 5.40. The van der Waals surface area contributed by atoms with Crippen LogP contribution in [-0.4, -0.2) is 78.5 Å². The van der Waals surface area contributed by atoms with Crippen LogP contribution in [0.1, 0.15) is 30.2 Å². The molecule has 3 heterocycles. The number of likely N-dealkylation sites (N-methyl/N-ethyl adjacent to an activating group) is 1. The molecule has 210 valence electrons. The van der Waals surface area contributed by atoms with Gasteiger partial charge in [-0.1, -0.05) is 11.6 Å². The summed E-state index contributed by atoms with van der Waals surface area (Å²) in [6.45, 7) is 4.45. The van der Waals surface area contributed by atoms with Crippen LogP contribution in [0, 0.1) is 24.1 Å². The second kappa shape index (κ2) is 11.6. The first kappa shape index (κ1) is 29.0. The number of alkyl halides is 3. The highest BCUT2D eigenvalue weighted by Crippen LogP contribution is 2.39. The summed E-state index contributed by atoms with van der Waals surface area (Å²) in [7, 11) is 0. The van der Waals surface area contributed by atoms with E-state index in [0.29, 0.717) is 25.4 Å². The molecule has 2 aliphatic rings. The van der Waals surface area contributed by atoms with E-state index in [9.17, 15) is 32.7 Å². The predicted molar refractivity (Wildman–Crippen MR) is 136 cm³/mol. The van der Waals surface area contributed by atoms with Crippen LogP contribution in [0.2, 0.25) is 5.02 Å². The van der Waals surface area contributed by atoms with E-state index in [-0.39, 0.29) is 48.7 Å². The van der Waals surface area contributed by atoms with Crippen molar-refractivity contribution in [2.75, 3.05) is 49.2 Å². The number of pyridine rings is 1. The van der Waals surface area contributed by atoms with Crippen molar-refractivity contribution in [2.45, 2.75) is 44.6 Å². The van der Waals surface area contributed by atoms with E-state index in [2.05, 4.69) is 4.98 Å². The van der Waals surface area contributed by atoms with E-state index in [4.69, 9.17) is 16.3 Å². The van der Waals surface area contributed by atoms with Crippen LogP contribution < -0.4 is 9.80 Å². The van der Waals surface area contributed by atoms with Crippen molar-refractivity contribution in [3.63, 3.8) is 0 Å². The van der Waals surface area contributed by atoms with Crippen LogP contribution in [0.4, 0.5) is 29.1 Å². The number of nitrogens with zero attached hydrogens (tertiary/aromatic N) is 5. The Labute approximate surface area is 228 Å². The third kappa shape index (κ3) is 5.96. The zero-order valence-electron chi connectivity index (χ0n) is 21.4. The van der Waals surface area contributed by atoms with Gasteiger partial charge in [-0.25, -0.2) is 9.37 Å².